The largest absolute Gasteiger partial charge is 0.477 e. The summed E-state index contributed by atoms with van der Waals surface area (Å²) in [4.78, 5) is 4.31. The van der Waals surface area contributed by atoms with Gasteiger partial charge in [-0.25, -0.2) is 0 Å². The molecule has 2 nitrogen and oxygen atoms in total. The molecular weight excluding hydrogens is 230 g/mol. The lowest BCUT2D eigenvalue weighted by molar-refractivity contribution is 0.284. The average molecular weight is 240 g/mol. The number of hydrogen-bond acceptors (Lipinski definition) is 2. The molecule has 0 saturated carbocycles. The van der Waals surface area contributed by atoms with Crippen molar-refractivity contribution < 1.29 is 4.74 Å². The van der Waals surface area contributed by atoms with Crippen LogP contribution in [-0.4, -0.2) is 19.0 Å². The fraction of sp³-hybridized carbons (Fsp3) is 0.300. The van der Waals surface area contributed by atoms with Crippen molar-refractivity contribution in [3.05, 3.63) is 34.3 Å². The van der Waals surface area contributed by atoms with E-state index >= 15 is 0 Å². The van der Waals surface area contributed by atoms with Crippen LogP contribution in [0, 0.1) is 0 Å². The molecule has 2 rings (SSSR count). The van der Waals surface area contributed by atoms with Crippen LogP contribution in [0.15, 0.2) is 33.7 Å². The number of halogens is 1. The van der Waals surface area contributed by atoms with Crippen molar-refractivity contribution in [1.82, 2.24) is 0 Å². The standard InChI is InChI=1S/C10H10BrNO/c11-9-4-2-8(3-5-9)10-12-6-1-7-13-10/h2-5H,1,6-7H2. The molecule has 0 unspecified atom stereocenters. The van der Waals surface area contributed by atoms with Crippen molar-refractivity contribution in [3.8, 4) is 0 Å². The number of ether oxygens (including phenoxy) is 1. The maximum atomic E-state index is 5.44. The van der Waals surface area contributed by atoms with Crippen LogP contribution in [0.25, 0.3) is 0 Å². The predicted molar refractivity (Wildman–Crippen MR) is 56.1 cm³/mol. The molecule has 0 aliphatic carbocycles. The zero-order valence-electron chi connectivity index (χ0n) is 7.16. The summed E-state index contributed by atoms with van der Waals surface area (Å²) in [5, 5.41) is 0. The molecule has 1 aliphatic heterocycles. The first-order chi connectivity index (χ1) is 6.36. The Hall–Kier alpha value is -0.830. The van der Waals surface area contributed by atoms with E-state index in [1.807, 2.05) is 24.3 Å². The Bertz CT molecular complexity index is 318. The first kappa shape index (κ1) is 8.75. The van der Waals surface area contributed by atoms with Crippen LogP contribution in [-0.2, 0) is 4.74 Å². The molecule has 1 aromatic rings. The predicted octanol–water partition coefficient (Wildman–Crippen LogP) is 2.62. The number of hydrogen-bond donors (Lipinski definition) is 0. The second-order valence-corrected chi connectivity index (χ2v) is 3.81. The molecule has 68 valence electrons. The Balaban J connectivity index is 2.24. The SMILES string of the molecule is Brc1ccc(C2=NCCCO2)cc1. The molecule has 1 aliphatic rings. The molecule has 0 radical (unpaired) electrons. The van der Waals surface area contributed by atoms with Gasteiger partial charge >= 0.3 is 0 Å². The molecule has 0 N–H and O–H groups in total. The maximum Gasteiger partial charge on any atom is 0.216 e. The molecule has 0 bridgehead atoms. The van der Waals surface area contributed by atoms with E-state index in [2.05, 4.69) is 20.9 Å². The zero-order chi connectivity index (χ0) is 9.10. The van der Waals surface area contributed by atoms with E-state index in [0.717, 1.165) is 35.5 Å². The molecule has 13 heavy (non-hydrogen) atoms. The van der Waals surface area contributed by atoms with Gasteiger partial charge in [0.2, 0.25) is 5.90 Å². The van der Waals surface area contributed by atoms with Gasteiger partial charge in [0.25, 0.3) is 0 Å². The Morgan fingerprint density at radius 1 is 1.23 bits per heavy atom. The highest BCUT2D eigenvalue weighted by atomic mass is 79.9. The van der Waals surface area contributed by atoms with Crippen LogP contribution in [0.5, 0.6) is 0 Å². The van der Waals surface area contributed by atoms with Gasteiger partial charge in [-0.1, -0.05) is 15.9 Å². The second kappa shape index (κ2) is 3.92. The van der Waals surface area contributed by atoms with E-state index in [-0.39, 0.29) is 0 Å². The minimum Gasteiger partial charge on any atom is -0.477 e. The summed E-state index contributed by atoms with van der Waals surface area (Å²) < 4.78 is 6.52. The summed E-state index contributed by atoms with van der Waals surface area (Å²) in [6, 6.07) is 8.01. The number of rotatable bonds is 1. The van der Waals surface area contributed by atoms with Crippen LogP contribution in [0.2, 0.25) is 0 Å². The van der Waals surface area contributed by atoms with Gasteiger partial charge in [-0.05, 0) is 24.3 Å². The first-order valence-corrected chi connectivity index (χ1v) is 5.09. The van der Waals surface area contributed by atoms with E-state index in [0.29, 0.717) is 0 Å². The summed E-state index contributed by atoms with van der Waals surface area (Å²) in [5.74, 6) is 0.777. The minimum atomic E-state index is 0.777. The van der Waals surface area contributed by atoms with Gasteiger partial charge in [-0.3, -0.25) is 4.99 Å². The Morgan fingerprint density at radius 3 is 2.62 bits per heavy atom. The summed E-state index contributed by atoms with van der Waals surface area (Å²) in [6.07, 6.45) is 1.03. The van der Waals surface area contributed by atoms with E-state index in [1.54, 1.807) is 0 Å². The maximum absolute atomic E-state index is 5.44. The molecule has 0 amide bonds. The Kier molecular flexibility index (Phi) is 2.64. The van der Waals surface area contributed by atoms with Gasteiger partial charge in [-0.2, -0.15) is 0 Å². The topological polar surface area (TPSA) is 21.6 Å². The average Bonchev–Trinajstić information content (AvgIpc) is 2.20. The van der Waals surface area contributed by atoms with Crippen molar-refractivity contribution in [1.29, 1.82) is 0 Å². The lowest BCUT2D eigenvalue weighted by Gasteiger charge is -2.13. The van der Waals surface area contributed by atoms with Crippen LogP contribution < -0.4 is 0 Å². The van der Waals surface area contributed by atoms with Crippen LogP contribution in [0.1, 0.15) is 12.0 Å². The summed E-state index contributed by atoms with van der Waals surface area (Å²) in [7, 11) is 0. The fourth-order valence-corrected chi connectivity index (χ4v) is 1.49. The van der Waals surface area contributed by atoms with Crippen LogP contribution >= 0.6 is 15.9 Å². The molecule has 0 saturated heterocycles. The van der Waals surface area contributed by atoms with Crippen molar-refractivity contribution in [2.75, 3.05) is 13.2 Å². The summed E-state index contributed by atoms with van der Waals surface area (Å²) >= 11 is 3.39. The normalized spacial score (nSPS) is 16.2. The third kappa shape index (κ3) is 2.10. The third-order valence-corrected chi connectivity index (χ3v) is 2.42. The minimum absolute atomic E-state index is 0.777. The van der Waals surface area contributed by atoms with Crippen molar-refractivity contribution in [2.45, 2.75) is 6.42 Å². The fourth-order valence-electron chi connectivity index (χ4n) is 1.23. The number of nitrogens with zero attached hydrogens (tertiary/aromatic N) is 1. The van der Waals surface area contributed by atoms with E-state index < -0.39 is 0 Å². The van der Waals surface area contributed by atoms with E-state index in [4.69, 9.17) is 4.74 Å². The second-order valence-electron chi connectivity index (χ2n) is 2.90. The first-order valence-electron chi connectivity index (χ1n) is 4.29. The van der Waals surface area contributed by atoms with E-state index in [9.17, 15) is 0 Å². The number of aliphatic imine (C=N–C) groups is 1. The molecule has 3 heteroatoms. The highest BCUT2D eigenvalue weighted by Crippen LogP contribution is 2.13. The van der Waals surface area contributed by atoms with Gasteiger partial charge < -0.3 is 4.74 Å². The monoisotopic (exact) mass is 239 g/mol. The molecule has 1 aromatic carbocycles. The lowest BCUT2D eigenvalue weighted by Crippen LogP contribution is -2.14. The van der Waals surface area contributed by atoms with Crippen molar-refractivity contribution in [2.24, 2.45) is 4.99 Å². The van der Waals surface area contributed by atoms with Crippen molar-refractivity contribution in [3.63, 3.8) is 0 Å². The lowest BCUT2D eigenvalue weighted by atomic mass is 10.2. The molecule has 0 aromatic heterocycles. The van der Waals surface area contributed by atoms with Crippen LogP contribution in [0.3, 0.4) is 0 Å². The molecule has 0 atom stereocenters. The van der Waals surface area contributed by atoms with Gasteiger partial charge in [0.1, 0.15) is 0 Å². The highest BCUT2D eigenvalue weighted by Gasteiger charge is 2.07. The number of benzene rings is 1. The zero-order valence-corrected chi connectivity index (χ0v) is 8.75. The Morgan fingerprint density at radius 2 is 2.00 bits per heavy atom. The van der Waals surface area contributed by atoms with Gasteiger partial charge in [0.05, 0.1) is 6.61 Å². The van der Waals surface area contributed by atoms with Crippen molar-refractivity contribution >= 4 is 21.8 Å². The van der Waals surface area contributed by atoms with Gasteiger partial charge in [0, 0.05) is 23.0 Å². The van der Waals surface area contributed by atoms with E-state index in [1.165, 1.54) is 0 Å². The van der Waals surface area contributed by atoms with Gasteiger partial charge in [0.15, 0.2) is 0 Å². The molecule has 0 spiro atoms. The molecular formula is C10H10BrNO. The highest BCUT2D eigenvalue weighted by molar-refractivity contribution is 9.10. The molecule has 0 fully saturated rings. The summed E-state index contributed by atoms with van der Waals surface area (Å²) in [6.45, 7) is 1.67. The van der Waals surface area contributed by atoms with Gasteiger partial charge in [-0.15, -0.1) is 0 Å². The smallest absolute Gasteiger partial charge is 0.216 e. The summed E-state index contributed by atoms with van der Waals surface area (Å²) in [5.41, 5.74) is 1.06. The Labute approximate surface area is 85.8 Å². The third-order valence-electron chi connectivity index (χ3n) is 1.89. The van der Waals surface area contributed by atoms with Crippen LogP contribution in [0.4, 0.5) is 0 Å². The quantitative estimate of drug-likeness (QED) is 0.739. The molecule has 1 heterocycles.